The average molecular weight is 431 g/mol. The summed E-state index contributed by atoms with van der Waals surface area (Å²) in [6.45, 7) is 3.71. The molecule has 0 N–H and O–H groups in total. The largest absolute Gasteiger partial charge is 0.452 e. The van der Waals surface area contributed by atoms with E-state index < -0.39 is 34.9 Å². The number of amides is 1. The van der Waals surface area contributed by atoms with Crippen LogP contribution < -0.4 is 4.90 Å². The van der Waals surface area contributed by atoms with Crippen LogP contribution >= 0.6 is 11.6 Å². The van der Waals surface area contributed by atoms with E-state index in [1.165, 1.54) is 0 Å². The highest BCUT2D eigenvalue weighted by atomic mass is 35.5. The minimum absolute atomic E-state index is 0.201. The molecule has 8 heteroatoms. The van der Waals surface area contributed by atoms with Crippen LogP contribution in [0.25, 0.3) is 0 Å². The average Bonchev–Trinajstić information content (AvgIpc) is 2.92. The van der Waals surface area contributed by atoms with Gasteiger partial charge in [0.05, 0.1) is 12.3 Å². The number of para-hydroxylation sites is 1. The molecule has 2 aromatic carbocycles. The number of anilines is 1. The number of carbonyl (C=O) groups is 2. The van der Waals surface area contributed by atoms with Crippen molar-refractivity contribution < 1.29 is 19.2 Å². The molecule has 7 nitrogen and oxygen atoms in total. The summed E-state index contributed by atoms with van der Waals surface area (Å²) in [5, 5.41) is 11.6. The van der Waals surface area contributed by atoms with Gasteiger partial charge in [-0.1, -0.05) is 55.8 Å². The Morgan fingerprint density at radius 2 is 1.87 bits per heavy atom. The van der Waals surface area contributed by atoms with Crippen LogP contribution in [-0.2, 0) is 14.3 Å². The van der Waals surface area contributed by atoms with Crippen molar-refractivity contribution in [3.8, 4) is 0 Å². The maximum atomic E-state index is 13.0. The lowest BCUT2D eigenvalue weighted by atomic mass is 9.89. The van der Waals surface area contributed by atoms with Gasteiger partial charge in [-0.05, 0) is 29.8 Å². The third kappa shape index (κ3) is 4.97. The van der Waals surface area contributed by atoms with E-state index in [0.29, 0.717) is 17.1 Å². The van der Waals surface area contributed by atoms with E-state index in [4.69, 9.17) is 16.3 Å². The number of hydrogen-bond donors (Lipinski definition) is 0. The van der Waals surface area contributed by atoms with Crippen molar-refractivity contribution in [1.29, 1.82) is 0 Å². The summed E-state index contributed by atoms with van der Waals surface area (Å²) >= 11 is 5.89. The molecular weight excluding hydrogens is 408 g/mol. The first-order valence-corrected chi connectivity index (χ1v) is 9.98. The highest BCUT2D eigenvalue weighted by Crippen LogP contribution is 2.36. The van der Waals surface area contributed by atoms with Gasteiger partial charge in [0.1, 0.15) is 0 Å². The van der Waals surface area contributed by atoms with Gasteiger partial charge in [-0.25, -0.2) is 0 Å². The highest BCUT2D eigenvalue weighted by molar-refractivity contribution is 6.30. The molecule has 0 radical (unpaired) electrons. The van der Waals surface area contributed by atoms with E-state index in [-0.39, 0.29) is 12.3 Å². The van der Waals surface area contributed by atoms with Gasteiger partial charge < -0.3 is 9.64 Å². The number of hydrogen-bond acceptors (Lipinski definition) is 5. The molecule has 1 heterocycles. The highest BCUT2D eigenvalue weighted by Gasteiger charge is 2.49. The molecule has 1 amide bonds. The lowest BCUT2D eigenvalue weighted by Gasteiger charge is -2.24. The minimum atomic E-state index is -0.952. The maximum Gasteiger partial charge on any atom is 0.307 e. The molecule has 2 atom stereocenters. The molecule has 1 fully saturated rings. The topological polar surface area (TPSA) is 89.8 Å². The van der Waals surface area contributed by atoms with Crippen molar-refractivity contribution in [3.63, 3.8) is 0 Å². The first-order chi connectivity index (χ1) is 14.2. The number of ether oxygens (including phenoxy) is 1. The monoisotopic (exact) mass is 430 g/mol. The Morgan fingerprint density at radius 1 is 1.23 bits per heavy atom. The van der Waals surface area contributed by atoms with Crippen LogP contribution in [0.2, 0.25) is 5.02 Å². The molecule has 158 valence electrons. The second-order valence-electron chi connectivity index (χ2n) is 8.09. The Kier molecular flexibility index (Phi) is 6.41. The van der Waals surface area contributed by atoms with Gasteiger partial charge in [-0.2, -0.15) is 0 Å². The Bertz CT molecular complexity index is 930. The number of benzene rings is 2. The quantitative estimate of drug-likeness (QED) is 0.375. The molecule has 0 spiro atoms. The van der Waals surface area contributed by atoms with E-state index in [1.54, 1.807) is 29.2 Å². The molecule has 1 aliphatic rings. The summed E-state index contributed by atoms with van der Waals surface area (Å²) in [5.41, 5.74) is 0.763. The van der Waals surface area contributed by atoms with Gasteiger partial charge in [0.15, 0.2) is 6.10 Å². The molecule has 0 unspecified atom stereocenters. The smallest absolute Gasteiger partial charge is 0.307 e. The fourth-order valence-electron chi connectivity index (χ4n) is 3.66. The Labute approximate surface area is 179 Å². The Balaban J connectivity index is 1.73. The van der Waals surface area contributed by atoms with Crippen LogP contribution in [0.5, 0.6) is 0 Å². The van der Waals surface area contributed by atoms with Crippen molar-refractivity contribution in [1.82, 2.24) is 0 Å². The zero-order valence-electron chi connectivity index (χ0n) is 16.8. The van der Waals surface area contributed by atoms with Crippen molar-refractivity contribution >= 4 is 29.2 Å². The van der Waals surface area contributed by atoms with Crippen LogP contribution in [0.1, 0.15) is 31.7 Å². The standard InChI is InChI=1S/C22H23ClN2O5/c1-22(2)14-24(18-6-4-3-5-7-18)21(27)20(22)30-19(26)12-16(13-25(28)29)15-8-10-17(23)11-9-15/h3-11,16,20H,12-14H2,1-2H3/t16-,20-/m0/s1. The van der Waals surface area contributed by atoms with Crippen LogP contribution in [-0.4, -0.2) is 36.0 Å². The summed E-state index contributed by atoms with van der Waals surface area (Å²) in [7, 11) is 0. The molecule has 0 aromatic heterocycles. The lowest BCUT2D eigenvalue weighted by Crippen LogP contribution is -2.36. The molecule has 2 aromatic rings. The van der Waals surface area contributed by atoms with Crippen molar-refractivity contribution in [3.05, 3.63) is 75.3 Å². The molecular formula is C22H23ClN2O5. The van der Waals surface area contributed by atoms with Crippen LogP contribution in [0.3, 0.4) is 0 Å². The van der Waals surface area contributed by atoms with E-state index in [2.05, 4.69) is 0 Å². The summed E-state index contributed by atoms with van der Waals surface area (Å²) in [5.74, 6) is -1.61. The van der Waals surface area contributed by atoms with Gasteiger partial charge >= 0.3 is 5.97 Å². The van der Waals surface area contributed by atoms with Gasteiger partial charge in [-0.15, -0.1) is 0 Å². The van der Waals surface area contributed by atoms with Crippen LogP contribution in [0.4, 0.5) is 5.69 Å². The minimum Gasteiger partial charge on any atom is -0.452 e. The third-order valence-electron chi connectivity index (χ3n) is 5.21. The third-order valence-corrected chi connectivity index (χ3v) is 5.46. The summed E-state index contributed by atoms with van der Waals surface area (Å²) in [4.78, 5) is 37.9. The van der Waals surface area contributed by atoms with E-state index in [9.17, 15) is 19.7 Å². The van der Waals surface area contributed by atoms with Crippen LogP contribution in [0.15, 0.2) is 54.6 Å². The van der Waals surface area contributed by atoms with Crippen molar-refractivity contribution in [2.75, 3.05) is 18.0 Å². The Morgan fingerprint density at radius 3 is 2.47 bits per heavy atom. The zero-order chi connectivity index (χ0) is 21.9. The summed E-state index contributed by atoms with van der Waals surface area (Å²) < 4.78 is 5.57. The predicted octanol–water partition coefficient (Wildman–Crippen LogP) is 4.08. The molecule has 0 aliphatic carbocycles. The van der Waals surface area contributed by atoms with E-state index >= 15 is 0 Å². The number of carbonyl (C=O) groups excluding carboxylic acids is 2. The number of halogens is 1. The SMILES string of the molecule is CC1(C)CN(c2ccccc2)C(=O)[C@@H]1OC(=O)C[C@@H](C[N+](=O)[O-])c1ccc(Cl)cc1. The van der Waals surface area contributed by atoms with E-state index in [1.807, 2.05) is 44.2 Å². The Hall–Kier alpha value is -2.93. The first-order valence-electron chi connectivity index (χ1n) is 9.60. The predicted molar refractivity (Wildman–Crippen MR) is 113 cm³/mol. The maximum absolute atomic E-state index is 13.0. The van der Waals surface area contributed by atoms with Crippen molar-refractivity contribution in [2.45, 2.75) is 32.3 Å². The van der Waals surface area contributed by atoms with Crippen LogP contribution in [0, 0.1) is 15.5 Å². The van der Waals surface area contributed by atoms with Gasteiger partial charge in [0, 0.05) is 27.6 Å². The first kappa shape index (κ1) is 21.8. The molecule has 0 saturated carbocycles. The zero-order valence-corrected chi connectivity index (χ0v) is 17.5. The summed E-state index contributed by atoms with van der Waals surface area (Å²) in [6, 6.07) is 15.7. The number of nitro groups is 1. The molecule has 30 heavy (non-hydrogen) atoms. The second-order valence-corrected chi connectivity index (χ2v) is 8.52. The number of rotatable bonds is 7. The molecule has 0 bridgehead atoms. The second kappa shape index (κ2) is 8.83. The molecule has 1 saturated heterocycles. The van der Waals surface area contributed by atoms with Gasteiger partial charge in [0.25, 0.3) is 5.91 Å². The van der Waals surface area contributed by atoms with E-state index in [0.717, 1.165) is 5.69 Å². The normalized spacial score (nSPS) is 18.8. The number of nitrogens with zero attached hydrogens (tertiary/aromatic N) is 2. The van der Waals surface area contributed by atoms with Crippen molar-refractivity contribution in [2.24, 2.45) is 5.41 Å². The van der Waals surface area contributed by atoms with Gasteiger partial charge in [-0.3, -0.25) is 19.7 Å². The fourth-order valence-corrected chi connectivity index (χ4v) is 3.79. The van der Waals surface area contributed by atoms with Gasteiger partial charge in [0.2, 0.25) is 6.54 Å². The molecule has 3 rings (SSSR count). The number of esters is 1. The fraction of sp³-hybridized carbons (Fsp3) is 0.364. The summed E-state index contributed by atoms with van der Waals surface area (Å²) in [6.07, 6.45) is -1.15. The lowest BCUT2D eigenvalue weighted by molar-refractivity contribution is -0.483. The molecule has 1 aliphatic heterocycles.